The second kappa shape index (κ2) is 5.46. The Hall–Kier alpha value is -2.14. The molecule has 2 aromatic rings. The maximum atomic E-state index is 11.1. The van der Waals surface area contributed by atoms with Crippen LogP contribution < -0.4 is 9.47 Å². The Kier molecular flexibility index (Phi) is 3.52. The quantitative estimate of drug-likeness (QED) is 0.629. The Morgan fingerprint density at radius 3 is 2.75 bits per heavy atom. The van der Waals surface area contributed by atoms with Gasteiger partial charge in [-0.3, -0.25) is 4.79 Å². The van der Waals surface area contributed by atoms with Gasteiger partial charge in [0.05, 0.1) is 24.5 Å². The van der Waals surface area contributed by atoms with Gasteiger partial charge in [-0.15, -0.1) is 0 Å². The Balaban J connectivity index is 2.09. The number of fused-ring (bicyclic) bond motifs is 1. The number of halogens is 1. The fraction of sp³-hybridized carbons (Fsp3) is 0.214. The number of aldehydes is 1. The molecule has 102 valence electrons. The molecule has 0 fully saturated rings. The highest BCUT2D eigenvalue weighted by molar-refractivity contribution is 6.32. The zero-order chi connectivity index (χ0) is 13.9. The maximum absolute atomic E-state index is 11.1. The number of ether oxygens (including phenoxy) is 2. The van der Waals surface area contributed by atoms with Crippen molar-refractivity contribution < 1.29 is 14.3 Å². The van der Waals surface area contributed by atoms with E-state index in [4.69, 9.17) is 21.1 Å². The second-order valence-corrected chi connectivity index (χ2v) is 4.61. The van der Waals surface area contributed by atoms with Gasteiger partial charge in [0.25, 0.3) is 0 Å². The molecule has 0 unspecified atom stereocenters. The van der Waals surface area contributed by atoms with Gasteiger partial charge in [0.2, 0.25) is 0 Å². The number of hydrogen-bond donors (Lipinski definition) is 0. The SMILES string of the molecule is O=Cc1c(Cl)ncnc1-c1ccc2c(c1)OCCCO2. The normalized spacial score (nSPS) is 13.7. The first-order valence-corrected chi connectivity index (χ1v) is 6.53. The van der Waals surface area contributed by atoms with Crippen LogP contribution >= 0.6 is 11.6 Å². The molecule has 1 aromatic heterocycles. The molecule has 6 heteroatoms. The van der Waals surface area contributed by atoms with Crippen LogP contribution in [0.1, 0.15) is 16.8 Å². The molecule has 20 heavy (non-hydrogen) atoms. The summed E-state index contributed by atoms with van der Waals surface area (Å²) in [6.07, 6.45) is 2.82. The summed E-state index contributed by atoms with van der Waals surface area (Å²) < 4.78 is 11.2. The fourth-order valence-corrected chi connectivity index (χ4v) is 2.20. The minimum Gasteiger partial charge on any atom is -0.490 e. The van der Waals surface area contributed by atoms with E-state index in [-0.39, 0.29) is 10.7 Å². The summed E-state index contributed by atoms with van der Waals surface area (Å²) in [5.74, 6) is 1.34. The molecule has 3 rings (SSSR count). The predicted molar refractivity (Wildman–Crippen MR) is 73.5 cm³/mol. The summed E-state index contributed by atoms with van der Waals surface area (Å²) in [6.45, 7) is 1.23. The fourth-order valence-electron chi connectivity index (χ4n) is 2.02. The molecule has 5 nitrogen and oxygen atoms in total. The van der Waals surface area contributed by atoms with Gasteiger partial charge in [-0.05, 0) is 18.2 Å². The third-order valence-corrected chi connectivity index (χ3v) is 3.28. The van der Waals surface area contributed by atoms with Gasteiger partial charge in [0.1, 0.15) is 11.5 Å². The number of benzene rings is 1. The predicted octanol–water partition coefficient (Wildman–Crippen LogP) is 2.77. The van der Waals surface area contributed by atoms with Crippen molar-refractivity contribution in [3.8, 4) is 22.8 Å². The highest BCUT2D eigenvalue weighted by Gasteiger charge is 2.15. The largest absolute Gasteiger partial charge is 0.490 e. The van der Waals surface area contributed by atoms with Crippen LogP contribution in [0.3, 0.4) is 0 Å². The lowest BCUT2D eigenvalue weighted by Crippen LogP contribution is -1.97. The van der Waals surface area contributed by atoms with E-state index in [1.165, 1.54) is 6.33 Å². The standard InChI is InChI=1S/C14H11ClN2O3/c15-14-10(7-18)13(16-8-17-14)9-2-3-11-12(6-9)20-5-1-4-19-11/h2-3,6-8H,1,4-5H2. The molecule has 0 saturated carbocycles. The zero-order valence-electron chi connectivity index (χ0n) is 10.5. The Bertz CT molecular complexity index is 661. The van der Waals surface area contributed by atoms with E-state index in [2.05, 4.69) is 9.97 Å². The highest BCUT2D eigenvalue weighted by Crippen LogP contribution is 2.35. The summed E-state index contributed by atoms with van der Waals surface area (Å²) in [5, 5.41) is 0.136. The molecular formula is C14H11ClN2O3. The number of rotatable bonds is 2. The van der Waals surface area contributed by atoms with E-state index in [0.717, 1.165) is 12.0 Å². The molecular weight excluding hydrogens is 280 g/mol. The van der Waals surface area contributed by atoms with E-state index in [1.807, 2.05) is 6.07 Å². The molecule has 0 spiro atoms. The van der Waals surface area contributed by atoms with Crippen LogP contribution in [0, 0.1) is 0 Å². The lowest BCUT2D eigenvalue weighted by Gasteiger charge is -2.10. The van der Waals surface area contributed by atoms with Crippen molar-refractivity contribution in [1.82, 2.24) is 9.97 Å². The number of aromatic nitrogens is 2. The number of carbonyl (C=O) groups excluding carboxylic acids is 1. The van der Waals surface area contributed by atoms with Crippen molar-refractivity contribution in [3.63, 3.8) is 0 Å². The molecule has 0 radical (unpaired) electrons. The first-order valence-electron chi connectivity index (χ1n) is 6.15. The summed E-state index contributed by atoms with van der Waals surface area (Å²) in [7, 11) is 0. The number of carbonyl (C=O) groups is 1. The highest BCUT2D eigenvalue weighted by atomic mass is 35.5. The van der Waals surface area contributed by atoms with Crippen molar-refractivity contribution in [1.29, 1.82) is 0 Å². The average molecular weight is 291 g/mol. The molecule has 0 bridgehead atoms. The Morgan fingerprint density at radius 1 is 1.15 bits per heavy atom. The monoisotopic (exact) mass is 290 g/mol. The van der Waals surface area contributed by atoms with Crippen LogP contribution in [0.4, 0.5) is 0 Å². The van der Waals surface area contributed by atoms with Gasteiger partial charge in [-0.25, -0.2) is 9.97 Å². The molecule has 2 heterocycles. The first kappa shape index (κ1) is 12.9. The summed E-state index contributed by atoms with van der Waals surface area (Å²) in [4.78, 5) is 19.1. The number of nitrogens with zero attached hydrogens (tertiary/aromatic N) is 2. The average Bonchev–Trinajstić information content (AvgIpc) is 2.71. The third-order valence-electron chi connectivity index (χ3n) is 2.97. The molecule has 0 amide bonds. The summed E-state index contributed by atoms with van der Waals surface area (Å²) in [5.41, 5.74) is 1.49. The van der Waals surface area contributed by atoms with Crippen molar-refractivity contribution in [2.45, 2.75) is 6.42 Å². The molecule has 0 saturated heterocycles. The van der Waals surface area contributed by atoms with Gasteiger partial charge >= 0.3 is 0 Å². The van der Waals surface area contributed by atoms with Gasteiger partial charge < -0.3 is 9.47 Å². The zero-order valence-corrected chi connectivity index (χ0v) is 11.3. The van der Waals surface area contributed by atoms with E-state index >= 15 is 0 Å². The molecule has 1 aliphatic heterocycles. The van der Waals surface area contributed by atoms with Crippen molar-refractivity contribution >= 4 is 17.9 Å². The maximum Gasteiger partial charge on any atom is 0.161 e. The van der Waals surface area contributed by atoms with Crippen LogP contribution in [0.15, 0.2) is 24.5 Å². The summed E-state index contributed by atoms with van der Waals surface area (Å²) in [6, 6.07) is 5.42. The van der Waals surface area contributed by atoms with E-state index in [1.54, 1.807) is 12.1 Å². The van der Waals surface area contributed by atoms with Crippen molar-refractivity contribution in [3.05, 3.63) is 35.2 Å². The number of hydrogen-bond acceptors (Lipinski definition) is 5. The first-order chi connectivity index (χ1) is 9.79. The van der Waals surface area contributed by atoms with Gasteiger partial charge in [0.15, 0.2) is 17.8 Å². The van der Waals surface area contributed by atoms with Crippen LogP contribution in [0.2, 0.25) is 5.15 Å². The van der Waals surface area contributed by atoms with Gasteiger partial charge in [-0.2, -0.15) is 0 Å². The van der Waals surface area contributed by atoms with Crippen LogP contribution in [0.25, 0.3) is 11.3 Å². The van der Waals surface area contributed by atoms with Gasteiger partial charge in [0, 0.05) is 12.0 Å². The van der Waals surface area contributed by atoms with Crippen molar-refractivity contribution in [2.75, 3.05) is 13.2 Å². The topological polar surface area (TPSA) is 61.3 Å². The summed E-state index contributed by atoms with van der Waals surface area (Å²) >= 11 is 5.91. The molecule has 0 N–H and O–H groups in total. The molecule has 1 aromatic carbocycles. The van der Waals surface area contributed by atoms with Crippen LogP contribution in [-0.4, -0.2) is 29.5 Å². The van der Waals surface area contributed by atoms with Crippen LogP contribution in [-0.2, 0) is 0 Å². The smallest absolute Gasteiger partial charge is 0.161 e. The molecule has 0 aliphatic carbocycles. The minimum atomic E-state index is 0.136. The van der Waals surface area contributed by atoms with Gasteiger partial charge in [-0.1, -0.05) is 11.6 Å². The van der Waals surface area contributed by atoms with Crippen LogP contribution in [0.5, 0.6) is 11.5 Å². The Labute approximate surface area is 120 Å². The van der Waals surface area contributed by atoms with Crippen molar-refractivity contribution in [2.24, 2.45) is 0 Å². The minimum absolute atomic E-state index is 0.136. The lowest BCUT2D eigenvalue weighted by molar-refractivity contribution is 0.112. The lowest BCUT2D eigenvalue weighted by atomic mass is 10.1. The van der Waals surface area contributed by atoms with E-state index < -0.39 is 0 Å². The van der Waals surface area contributed by atoms with E-state index in [0.29, 0.717) is 36.7 Å². The Morgan fingerprint density at radius 2 is 1.95 bits per heavy atom. The second-order valence-electron chi connectivity index (χ2n) is 4.26. The molecule has 1 aliphatic rings. The third kappa shape index (κ3) is 2.32. The van der Waals surface area contributed by atoms with E-state index in [9.17, 15) is 4.79 Å². The molecule has 0 atom stereocenters.